The molecule has 0 amide bonds. The molecule has 6 aromatic rings. The summed E-state index contributed by atoms with van der Waals surface area (Å²) in [5.41, 5.74) is -5.72. The van der Waals surface area contributed by atoms with Crippen molar-refractivity contribution in [2.24, 2.45) is 20.5 Å². The smallest absolute Gasteiger partial charge is 0.358 e. The van der Waals surface area contributed by atoms with Crippen LogP contribution in [0.1, 0.15) is 52.8 Å². The number of para-hydroxylation sites is 2. The number of carbonyl (C=O) groups is 4. The first-order valence-corrected chi connectivity index (χ1v) is 19.6. The van der Waals surface area contributed by atoms with E-state index in [1.807, 2.05) is 0 Å². The van der Waals surface area contributed by atoms with Gasteiger partial charge in [-0.25, -0.2) is 19.2 Å². The Morgan fingerprint density at radius 2 is 0.873 bits per heavy atom. The maximum absolute atomic E-state index is 12.4. The molecule has 6 rings (SSSR count). The topological polar surface area (TPSA) is 383 Å². The fraction of sp³-hybridized carbons (Fsp3) is 0. The number of hydrogen-bond acceptors (Lipinski definition) is 16. The molecule has 0 aliphatic heterocycles. The van der Waals surface area contributed by atoms with Crippen LogP contribution in [0.4, 0.5) is 22.7 Å². The SMILES string of the molecule is O=C(O)c1ccccc1-n1nc(C(=O)O)c(N=Nc2ccc(/C=C/c3ccc(N=Nc4c(C(=O)O)nn(-c5ccccc5C(=O)O)c4O)cc3S(=O)(=O)O)c(S(=O)(=O)O)c2)c1O.[Cu]. The van der Waals surface area contributed by atoms with Gasteiger partial charge in [-0.3, -0.25) is 9.11 Å². The summed E-state index contributed by atoms with van der Waals surface area (Å²) in [4.78, 5) is 45.6. The van der Waals surface area contributed by atoms with Crippen molar-refractivity contribution in [3.05, 3.63) is 119 Å². The number of aromatic nitrogens is 4. The Bertz CT molecular complexity index is 2990. The molecule has 0 spiro atoms. The van der Waals surface area contributed by atoms with Crippen LogP contribution in [0.5, 0.6) is 11.8 Å². The van der Waals surface area contributed by atoms with Gasteiger partial charge in [-0.05, 0) is 59.7 Å². The standard InChI is InChI=1S/C36H24N8O16S2.Cu/c45-31-27(29(35(51)52)41-43(31)23-7-3-1-5-21(23)33(47)48)39-37-19-13-11-17(25(15-19)61(55,56)57)9-10-18-12-14-20(16-26(18)62(58,59)60)38-40-28-30(36(53)54)42-44(32(28)46)24-8-4-2-6-22(24)34(49)50;/h1-16,45-46H,(H,47,48)(H,49,50)(H,51,52)(H,53,54)(H,55,56,57)(H,58,59,60);/b10-9+,39-37?,40-38?;. The van der Waals surface area contributed by atoms with Crippen LogP contribution < -0.4 is 0 Å². The minimum absolute atomic E-state index is 0. The monoisotopic (exact) mass is 951 g/mol. The molecule has 0 unspecified atom stereocenters. The van der Waals surface area contributed by atoms with Gasteiger partial charge < -0.3 is 30.6 Å². The van der Waals surface area contributed by atoms with Crippen LogP contribution in [-0.2, 0) is 37.3 Å². The predicted octanol–water partition coefficient (Wildman–Crippen LogP) is 5.75. The normalized spacial score (nSPS) is 11.9. The molecule has 0 aliphatic rings. The molecule has 2 heterocycles. The largest absolute Gasteiger partial charge is 0.492 e. The third-order valence-electron chi connectivity index (χ3n) is 8.33. The molecule has 0 fully saturated rings. The van der Waals surface area contributed by atoms with Gasteiger partial charge in [0.25, 0.3) is 20.2 Å². The first-order chi connectivity index (χ1) is 29.2. The molecule has 0 saturated heterocycles. The Kier molecular flexibility index (Phi) is 13.1. The molecule has 0 aliphatic carbocycles. The summed E-state index contributed by atoms with van der Waals surface area (Å²) in [7, 11) is -10.2. The van der Waals surface area contributed by atoms with E-state index in [1.54, 1.807) is 0 Å². The number of rotatable bonds is 14. The first-order valence-electron chi connectivity index (χ1n) is 16.7. The minimum atomic E-state index is -5.09. The molecule has 24 nitrogen and oxygen atoms in total. The number of carboxylic acids is 4. The van der Waals surface area contributed by atoms with Crippen molar-refractivity contribution < 1.29 is 92.8 Å². The van der Waals surface area contributed by atoms with Gasteiger partial charge in [0.1, 0.15) is 9.79 Å². The van der Waals surface area contributed by atoms with Gasteiger partial charge in [-0.1, -0.05) is 48.6 Å². The third-order valence-corrected chi connectivity index (χ3v) is 10.1. The molecule has 0 atom stereocenters. The number of aromatic hydroxyl groups is 2. The Labute approximate surface area is 362 Å². The second-order valence-corrected chi connectivity index (χ2v) is 15.0. The number of hydrogen-bond donors (Lipinski definition) is 8. The zero-order valence-corrected chi connectivity index (χ0v) is 33.4. The molecular formula is C36H24CuN8O16S2. The quantitative estimate of drug-likeness (QED) is 0.0278. The molecular weight excluding hydrogens is 928 g/mol. The summed E-state index contributed by atoms with van der Waals surface area (Å²) in [5, 5.41) is 82.3. The molecule has 4 aromatic carbocycles. The minimum Gasteiger partial charge on any atom is -0.492 e. The van der Waals surface area contributed by atoms with E-state index in [0.29, 0.717) is 9.36 Å². The van der Waals surface area contributed by atoms with E-state index >= 15 is 0 Å². The Morgan fingerprint density at radius 1 is 0.524 bits per heavy atom. The summed E-state index contributed by atoms with van der Waals surface area (Å²) in [6.07, 6.45) is 2.02. The maximum Gasteiger partial charge on any atom is 0.358 e. The molecule has 63 heavy (non-hydrogen) atoms. The summed E-state index contributed by atoms with van der Waals surface area (Å²) < 4.78 is 71.0. The van der Waals surface area contributed by atoms with Crippen molar-refractivity contribution in [2.45, 2.75) is 9.79 Å². The fourth-order valence-corrected chi connectivity index (χ4v) is 6.98. The van der Waals surface area contributed by atoms with E-state index in [2.05, 4.69) is 30.7 Å². The molecule has 327 valence electrons. The second-order valence-electron chi connectivity index (χ2n) is 12.2. The number of carboxylic acid groups (broad SMARTS) is 4. The van der Waals surface area contributed by atoms with Crippen molar-refractivity contribution >= 4 is 79.0 Å². The van der Waals surface area contributed by atoms with Gasteiger partial charge in [0.2, 0.25) is 23.1 Å². The second kappa shape index (κ2) is 18.0. The van der Waals surface area contributed by atoms with Crippen LogP contribution in [0, 0.1) is 0 Å². The van der Waals surface area contributed by atoms with Crippen molar-refractivity contribution in [3.63, 3.8) is 0 Å². The first kappa shape index (κ1) is 46.1. The van der Waals surface area contributed by atoms with Gasteiger partial charge in [0, 0.05) is 17.1 Å². The van der Waals surface area contributed by atoms with Crippen molar-refractivity contribution in [2.75, 3.05) is 0 Å². The van der Waals surface area contributed by atoms with Gasteiger partial charge in [-0.2, -0.15) is 46.6 Å². The van der Waals surface area contributed by atoms with E-state index in [1.165, 1.54) is 48.5 Å². The van der Waals surface area contributed by atoms with Crippen molar-refractivity contribution in [1.29, 1.82) is 0 Å². The molecule has 0 bridgehead atoms. The van der Waals surface area contributed by atoms with E-state index in [0.717, 1.165) is 48.6 Å². The summed E-state index contributed by atoms with van der Waals surface area (Å²) in [6, 6.07) is 16.2. The van der Waals surface area contributed by atoms with Crippen molar-refractivity contribution in [1.82, 2.24) is 19.6 Å². The van der Waals surface area contributed by atoms with Crippen LogP contribution in [0.25, 0.3) is 23.5 Å². The maximum atomic E-state index is 12.4. The molecule has 2 aromatic heterocycles. The number of nitrogens with zero attached hydrogens (tertiary/aromatic N) is 8. The van der Waals surface area contributed by atoms with Crippen LogP contribution >= 0.6 is 0 Å². The third kappa shape index (κ3) is 9.67. The van der Waals surface area contributed by atoms with E-state index in [4.69, 9.17) is 0 Å². The Hall–Kier alpha value is -7.94. The Morgan fingerprint density at radius 3 is 1.19 bits per heavy atom. The molecule has 27 heteroatoms. The van der Waals surface area contributed by atoms with Gasteiger partial charge >= 0.3 is 23.9 Å². The van der Waals surface area contributed by atoms with Crippen molar-refractivity contribution in [3.8, 4) is 23.1 Å². The van der Waals surface area contributed by atoms with Crippen LogP contribution in [-0.4, -0.2) is 100 Å². The van der Waals surface area contributed by atoms with Gasteiger partial charge in [0.05, 0.1) is 33.9 Å². The van der Waals surface area contributed by atoms with Crippen LogP contribution in [0.3, 0.4) is 0 Å². The zero-order chi connectivity index (χ0) is 45.3. The van der Waals surface area contributed by atoms with Crippen LogP contribution in [0.2, 0.25) is 0 Å². The van der Waals surface area contributed by atoms with E-state index in [9.17, 15) is 75.8 Å². The van der Waals surface area contributed by atoms with Gasteiger partial charge in [-0.15, -0.1) is 10.2 Å². The molecule has 0 saturated carbocycles. The summed E-state index contributed by atoms with van der Waals surface area (Å²) >= 11 is 0. The molecule has 8 N–H and O–H groups in total. The number of azo groups is 2. The van der Waals surface area contributed by atoms with Crippen LogP contribution in [0.15, 0.2) is 115 Å². The predicted molar refractivity (Wildman–Crippen MR) is 208 cm³/mol. The zero-order valence-electron chi connectivity index (χ0n) is 30.8. The van der Waals surface area contributed by atoms with E-state index < -0.39 is 88.4 Å². The van der Waals surface area contributed by atoms with E-state index in [-0.39, 0.29) is 62.1 Å². The number of aromatic carboxylic acids is 4. The van der Waals surface area contributed by atoms with Gasteiger partial charge in [0.15, 0.2) is 11.4 Å². The Balaban J connectivity index is 0.00000748. The fourth-order valence-electron chi connectivity index (χ4n) is 5.58. The summed E-state index contributed by atoms with van der Waals surface area (Å²) in [6.45, 7) is 0. The average Bonchev–Trinajstić information content (AvgIpc) is 3.73. The average molecular weight is 952 g/mol. The summed E-state index contributed by atoms with van der Waals surface area (Å²) in [5.74, 6) is -8.17. The number of benzene rings is 4. The molecule has 1 radical (unpaired) electrons.